The molecular formula is C21H22N2O2S2. The van der Waals surface area contributed by atoms with Crippen LogP contribution in [0.4, 0.5) is 0 Å². The summed E-state index contributed by atoms with van der Waals surface area (Å²) in [5, 5.41) is 17.7. The number of benzene rings is 1. The number of thiophene rings is 1. The van der Waals surface area contributed by atoms with Gasteiger partial charge in [0.05, 0.1) is 18.2 Å². The quantitative estimate of drug-likeness (QED) is 0.694. The molecule has 1 aliphatic rings. The highest BCUT2D eigenvalue weighted by Crippen LogP contribution is 2.31. The van der Waals surface area contributed by atoms with E-state index in [2.05, 4.69) is 16.4 Å². The van der Waals surface area contributed by atoms with Gasteiger partial charge in [0, 0.05) is 29.4 Å². The van der Waals surface area contributed by atoms with E-state index in [4.69, 9.17) is 0 Å². The highest BCUT2D eigenvalue weighted by atomic mass is 32.1. The third kappa shape index (κ3) is 4.29. The van der Waals surface area contributed by atoms with Gasteiger partial charge in [0.25, 0.3) is 0 Å². The summed E-state index contributed by atoms with van der Waals surface area (Å²) in [7, 11) is 0. The maximum atomic E-state index is 12.6. The van der Waals surface area contributed by atoms with E-state index in [-0.39, 0.29) is 11.8 Å². The summed E-state index contributed by atoms with van der Waals surface area (Å²) in [6, 6.07) is 11.9. The molecule has 1 N–H and O–H groups in total. The number of piperidine rings is 1. The number of thiazole rings is 1. The average molecular weight is 399 g/mol. The molecular weight excluding hydrogens is 376 g/mol. The molecule has 1 amide bonds. The van der Waals surface area contributed by atoms with E-state index < -0.39 is 6.10 Å². The highest BCUT2D eigenvalue weighted by Gasteiger charge is 2.28. The lowest BCUT2D eigenvalue weighted by atomic mass is 9.87. The summed E-state index contributed by atoms with van der Waals surface area (Å²) in [5.41, 5.74) is 2.93. The number of hydrogen-bond donors (Lipinski definition) is 1. The Kier molecular flexibility index (Phi) is 5.66. The number of aromatic nitrogens is 1. The Balaban J connectivity index is 1.31. The largest absolute Gasteiger partial charge is 0.388 e. The van der Waals surface area contributed by atoms with Gasteiger partial charge < -0.3 is 10.0 Å². The normalized spacial score (nSPS) is 16.4. The predicted molar refractivity (Wildman–Crippen MR) is 110 cm³/mol. The first-order valence-electron chi connectivity index (χ1n) is 9.18. The number of aliphatic hydroxyl groups is 1. The van der Waals surface area contributed by atoms with Crippen LogP contribution in [0.2, 0.25) is 0 Å². The zero-order valence-corrected chi connectivity index (χ0v) is 16.6. The lowest BCUT2D eigenvalue weighted by Gasteiger charge is -2.34. The Labute approximate surface area is 167 Å². The molecule has 0 spiro atoms. The second-order valence-electron chi connectivity index (χ2n) is 6.91. The van der Waals surface area contributed by atoms with E-state index in [0.717, 1.165) is 34.7 Å². The van der Waals surface area contributed by atoms with Crippen molar-refractivity contribution < 1.29 is 9.90 Å². The molecule has 4 rings (SSSR count). The minimum absolute atomic E-state index is 0.129. The fourth-order valence-corrected chi connectivity index (χ4v) is 5.09. The summed E-state index contributed by atoms with van der Waals surface area (Å²) in [6.07, 6.45) is 1.57. The number of aliphatic hydroxyl groups excluding tert-OH is 1. The van der Waals surface area contributed by atoms with E-state index in [1.807, 2.05) is 46.0 Å². The number of likely N-dealkylation sites (tertiary alicyclic amines) is 1. The van der Waals surface area contributed by atoms with Crippen LogP contribution in [0.15, 0.2) is 52.5 Å². The molecule has 27 heavy (non-hydrogen) atoms. The van der Waals surface area contributed by atoms with Crippen molar-refractivity contribution in [2.24, 2.45) is 5.92 Å². The minimum Gasteiger partial charge on any atom is -0.388 e. The number of hydrogen-bond acceptors (Lipinski definition) is 5. The van der Waals surface area contributed by atoms with Crippen LogP contribution in [0.1, 0.15) is 30.2 Å². The topological polar surface area (TPSA) is 53.4 Å². The molecule has 1 saturated heterocycles. The van der Waals surface area contributed by atoms with Crippen LogP contribution < -0.4 is 0 Å². The Morgan fingerprint density at radius 2 is 1.96 bits per heavy atom. The summed E-state index contributed by atoms with van der Waals surface area (Å²) < 4.78 is 0. The number of rotatable bonds is 5. The first kappa shape index (κ1) is 18.3. The van der Waals surface area contributed by atoms with Gasteiger partial charge in [-0.05, 0) is 35.8 Å². The van der Waals surface area contributed by atoms with E-state index >= 15 is 0 Å². The third-order valence-corrected chi connectivity index (χ3v) is 6.76. The second-order valence-corrected chi connectivity index (χ2v) is 8.54. The van der Waals surface area contributed by atoms with Crippen molar-refractivity contribution in [1.29, 1.82) is 0 Å². The molecule has 0 radical (unpaired) electrons. The number of nitrogens with zero attached hydrogens (tertiary/aromatic N) is 2. The number of amides is 1. The molecule has 1 aromatic carbocycles. The van der Waals surface area contributed by atoms with E-state index in [9.17, 15) is 9.90 Å². The van der Waals surface area contributed by atoms with Gasteiger partial charge in [-0.25, -0.2) is 4.98 Å². The van der Waals surface area contributed by atoms with Gasteiger partial charge >= 0.3 is 0 Å². The molecule has 0 saturated carbocycles. The monoisotopic (exact) mass is 398 g/mol. The summed E-state index contributed by atoms with van der Waals surface area (Å²) in [6.45, 7) is 1.41. The number of carbonyl (C=O) groups is 1. The average Bonchev–Trinajstić information content (AvgIpc) is 3.40. The minimum atomic E-state index is -0.449. The van der Waals surface area contributed by atoms with Crippen molar-refractivity contribution in [3.63, 3.8) is 0 Å². The Bertz CT molecular complexity index is 869. The standard InChI is InChI=1S/C21H22N2O2S2/c24-19(12-18-14-27-21(22-18)17-8-11-26-13-17)23-9-6-16(7-10-23)20(25)15-4-2-1-3-5-15/h1-5,8,11,13-14,16,20,25H,6-7,9-10,12H2. The highest BCUT2D eigenvalue weighted by molar-refractivity contribution is 7.14. The van der Waals surface area contributed by atoms with Gasteiger partial charge in [-0.1, -0.05) is 30.3 Å². The van der Waals surface area contributed by atoms with Gasteiger partial charge in [0.1, 0.15) is 5.01 Å². The molecule has 1 atom stereocenters. The van der Waals surface area contributed by atoms with E-state index in [0.29, 0.717) is 19.5 Å². The maximum absolute atomic E-state index is 12.6. The first-order valence-corrected chi connectivity index (χ1v) is 11.0. The Morgan fingerprint density at radius 1 is 1.19 bits per heavy atom. The molecule has 2 aromatic heterocycles. The molecule has 4 nitrogen and oxygen atoms in total. The fraction of sp³-hybridized carbons (Fsp3) is 0.333. The zero-order chi connectivity index (χ0) is 18.6. The predicted octanol–water partition coefficient (Wildman–Crippen LogP) is 4.39. The van der Waals surface area contributed by atoms with Gasteiger partial charge in [0.15, 0.2) is 0 Å². The van der Waals surface area contributed by atoms with Crippen LogP contribution in [0.25, 0.3) is 10.6 Å². The van der Waals surface area contributed by atoms with Gasteiger partial charge in [0.2, 0.25) is 5.91 Å². The van der Waals surface area contributed by atoms with Crippen molar-refractivity contribution in [1.82, 2.24) is 9.88 Å². The lowest BCUT2D eigenvalue weighted by Crippen LogP contribution is -2.40. The molecule has 140 valence electrons. The van der Waals surface area contributed by atoms with Crippen LogP contribution in [0.3, 0.4) is 0 Å². The van der Waals surface area contributed by atoms with Gasteiger partial charge in [-0.3, -0.25) is 4.79 Å². The van der Waals surface area contributed by atoms with Crippen LogP contribution in [0.5, 0.6) is 0 Å². The maximum Gasteiger partial charge on any atom is 0.228 e. The Hall–Kier alpha value is -2.02. The van der Waals surface area contributed by atoms with E-state index in [1.54, 1.807) is 22.7 Å². The van der Waals surface area contributed by atoms with Crippen molar-refractivity contribution in [2.45, 2.75) is 25.4 Å². The summed E-state index contributed by atoms with van der Waals surface area (Å²) in [4.78, 5) is 19.2. The van der Waals surface area contributed by atoms with Gasteiger partial charge in [-0.15, -0.1) is 11.3 Å². The number of carbonyl (C=O) groups excluding carboxylic acids is 1. The van der Waals surface area contributed by atoms with Crippen molar-refractivity contribution >= 4 is 28.6 Å². The molecule has 0 aliphatic carbocycles. The Morgan fingerprint density at radius 3 is 2.67 bits per heavy atom. The molecule has 1 aliphatic heterocycles. The van der Waals surface area contributed by atoms with Gasteiger partial charge in [-0.2, -0.15) is 11.3 Å². The van der Waals surface area contributed by atoms with Crippen molar-refractivity contribution in [3.8, 4) is 10.6 Å². The lowest BCUT2D eigenvalue weighted by molar-refractivity contribution is -0.132. The van der Waals surface area contributed by atoms with Crippen LogP contribution >= 0.6 is 22.7 Å². The summed E-state index contributed by atoms with van der Waals surface area (Å²) in [5.74, 6) is 0.339. The summed E-state index contributed by atoms with van der Waals surface area (Å²) >= 11 is 3.24. The molecule has 6 heteroatoms. The molecule has 1 fully saturated rings. The second kappa shape index (κ2) is 8.33. The van der Waals surface area contributed by atoms with Crippen LogP contribution in [-0.4, -0.2) is 34.0 Å². The van der Waals surface area contributed by atoms with E-state index in [1.165, 1.54) is 0 Å². The third-order valence-electron chi connectivity index (χ3n) is 5.13. The zero-order valence-electron chi connectivity index (χ0n) is 15.0. The van der Waals surface area contributed by atoms with Crippen LogP contribution in [-0.2, 0) is 11.2 Å². The SMILES string of the molecule is O=C(Cc1csc(-c2ccsc2)n1)N1CCC(C(O)c2ccccc2)CC1. The fourth-order valence-electron chi connectivity index (χ4n) is 3.56. The van der Waals surface area contributed by atoms with Crippen LogP contribution in [0, 0.1) is 5.92 Å². The molecule has 1 unspecified atom stereocenters. The first-order chi connectivity index (χ1) is 13.2. The molecule has 0 bridgehead atoms. The van der Waals surface area contributed by atoms with Crippen molar-refractivity contribution in [2.75, 3.05) is 13.1 Å². The molecule has 3 heterocycles. The van der Waals surface area contributed by atoms with Crippen molar-refractivity contribution in [3.05, 3.63) is 63.8 Å². The smallest absolute Gasteiger partial charge is 0.228 e. The molecule has 3 aromatic rings.